The van der Waals surface area contributed by atoms with E-state index in [0.29, 0.717) is 38.3 Å². The van der Waals surface area contributed by atoms with Crippen molar-refractivity contribution in [3.63, 3.8) is 0 Å². The monoisotopic (exact) mass is 405 g/mol. The number of amides is 3. The first-order valence-corrected chi connectivity index (χ1v) is 9.95. The molecule has 0 aliphatic carbocycles. The largest absolute Gasteiger partial charge is 0.484 e. The molecule has 8 heteroatoms. The Labute approximate surface area is 172 Å². The summed E-state index contributed by atoms with van der Waals surface area (Å²) in [6.07, 6.45) is 0.378. The minimum atomic E-state index is -0.570. The van der Waals surface area contributed by atoms with Crippen LogP contribution in [0.4, 0.5) is 4.79 Å². The van der Waals surface area contributed by atoms with Crippen molar-refractivity contribution >= 4 is 17.9 Å². The number of ether oxygens (including phenoxy) is 2. The molecule has 0 atom stereocenters. The van der Waals surface area contributed by atoms with Crippen molar-refractivity contribution in [3.05, 3.63) is 30.3 Å². The molecule has 0 saturated carbocycles. The number of carbonyl (C=O) groups is 3. The highest BCUT2D eigenvalue weighted by atomic mass is 16.6. The molecule has 1 heterocycles. The molecule has 0 spiro atoms. The van der Waals surface area contributed by atoms with Crippen molar-refractivity contribution in [3.8, 4) is 5.75 Å². The molecule has 29 heavy (non-hydrogen) atoms. The van der Waals surface area contributed by atoms with Gasteiger partial charge < -0.3 is 24.6 Å². The molecule has 0 radical (unpaired) electrons. The number of benzene rings is 1. The third kappa shape index (κ3) is 8.41. The molecule has 3 amide bonds. The van der Waals surface area contributed by atoms with E-state index in [4.69, 9.17) is 9.47 Å². The number of hydrogen-bond acceptors (Lipinski definition) is 5. The summed E-state index contributed by atoms with van der Waals surface area (Å²) in [6, 6.07) is 9.21. The summed E-state index contributed by atoms with van der Waals surface area (Å²) in [5.41, 5.74) is -0.570. The van der Waals surface area contributed by atoms with Crippen LogP contribution in [0.3, 0.4) is 0 Å². The zero-order valence-corrected chi connectivity index (χ0v) is 17.5. The Morgan fingerprint density at radius 3 is 2.21 bits per heavy atom. The van der Waals surface area contributed by atoms with Gasteiger partial charge in [0, 0.05) is 39.1 Å². The van der Waals surface area contributed by atoms with Crippen molar-refractivity contribution in [2.24, 2.45) is 0 Å². The fourth-order valence-electron chi connectivity index (χ4n) is 2.91. The predicted octanol–water partition coefficient (Wildman–Crippen LogP) is 2.04. The molecule has 0 bridgehead atoms. The quantitative estimate of drug-likeness (QED) is 0.783. The highest BCUT2D eigenvalue weighted by Crippen LogP contribution is 2.10. The number of rotatable bonds is 6. The minimum Gasteiger partial charge on any atom is -0.484 e. The molecule has 0 aromatic heterocycles. The number of nitrogens with zero attached hydrogens (tertiary/aromatic N) is 2. The van der Waals surface area contributed by atoms with Crippen LogP contribution in [0.15, 0.2) is 30.3 Å². The van der Waals surface area contributed by atoms with Gasteiger partial charge in [-0.05, 0) is 39.3 Å². The third-order valence-corrected chi connectivity index (χ3v) is 4.31. The number of hydrogen-bond donors (Lipinski definition) is 1. The molecule has 0 unspecified atom stereocenters. The Balaban J connectivity index is 1.70. The maximum Gasteiger partial charge on any atom is 0.407 e. The average Bonchev–Trinajstić information content (AvgIpc) is 2.92. The second-order valence-electron chi connectivity index (χ2n) is 7.90. The summed E-state index contributed by atoms with van der Waals surface area (Å²) in [4.78, 5) is 39.9. The second kappa shape index (κ2) is 10.7. The first-order chi connectivity index (χ1) is 13.7. The number of carbonyl (C=O) groups excluding carboxylic acids is 3. The van der Waals surface area contributed by atoms with Crippen molar-refractivity contribution in [2.75, 3.05) is 39.3 Å². The molecule has 2 rings (SSSR count). The summed E-state index contributed by atoms with van der Waals surface area (Å²) in [5.74, 6) is 0.524. The van der Waals surface area contributed by atoms with Crippen molar-refractivity contribution in [2.45, 2.75) is 39.2 Å². The molecule has 1 aromatic rings. The summed E-state index contributed by atoms with van der Waals surface area (Å²) in [5, 5.41) is 2.59. The van der Waals surface area contributed by atoms with E-state index >= 15 is 0 Å². The first kappa shape index (κ1) is 22.5. The van der Waals surface area contributed by atoms with Gasteiger partial charge >= 0.3 is 6.09 Å². The Kier molecular flexibility index (Phi) is 8.30. The topological polar surface area (TPSA) is 88.2 Å². The molecular weight excluding hydrogens is 374 g/mol. The SMILES string of the molecule is CC(C)(C)OC(=O)NCCC(=O)N1CCCN(C(=O)COc2ccccc2)CC1. The highest BCUT2D eigenvalue weighted by molar-refractivity contribution is 5.79. The van der Waals surface area contributed by atoms with Gasteiger partial charge in [0.1, 0.15) is 11.4 Å². The molecule has 1 aromatic carbocycles. The lowest BCUT2D eigenvalue weighted by molar-refractivity contribution is -0.134. The lowest BCUT2D eigenvalue weighted by Crippen LogP contribution is -2.40. The summed E-state index contributed by atoms with van der Waals surface area (Å²) in [6.45, 7) is 7.69. The van der Waals surface area contributed by atoms with Crippen LogP contribution < -0.4 is 10.1 Å². The van der Waals surface area contributed by atoms with Gasteiger partial charge in [-0.2, -0.15) is 0 Å². The number of alkyl carbamates (subject to hydrolysis) is 1. The standard InChI is InChI=1S/C21H31N3O5/c1-21(2,3)29-20(27)22-11-10-18(25)23-12-7-13-24(15-14-23)19(26)16-28-17-8-5-4-6-9-17/h4-6,8-9H,7,10-16H2,1-3H3,(H,22,27). The Morgan fingerprint density at radius 2 is 1.59 bits per heavy atom. The zero-order chi connectivity index (χ0) is 21.3. The summed E-state index contributed by atoms with van der Waals surface area (Å²) >= 11 is 0. The third-order valence-electron chi connectivity index (χ3n) is 4.31. The fraction of sp³-hybridized carbons (Fsp3) is 0.571. The van der Waals surface area contributed by atoms with Crippen LogP contribution in [0, 0.1) is 0 Å². The van der Waals surface area contributed by atoms with Crippen molar-refractivity contribution < 1.29 is 23.9 Å². The van der Waals surface area contributed by atoms with Gasteiger partial charge in [-0.1, -0.05) is 18.2 Å². The van der Waals surface area contributed by atoms with Crippen LogP contribution in [0.5, 0.6) is 5.75 Å². The van der Waals surface area contributed by atoms with Crippen LogP contribution in [0.25, 0.3) is 0 Å². The second-order valence-corrected chi connectivity index (χ2v) is 7.90. The lowest BCUT2D eigenvalue weighted by atomic mass is 10.2. The van der Waals surface area contributed by atoms with E-state index < -0.39 is 11.7 Å². The molecule has 1 aliphatic rings. The molecule has 1 fully saturated rings. The highest BCUT2D eigenvalue weighted by Gasteiger charge is 2.22. The predicted molar refractivity (Wildman–Crippen MR) is 109 cm³/mol. The molecular formula is C21H31N3O5. The molecule has 8 nitrogen and oxygen atoms in total. The van der Waals surface area contributed by atoms with E-state index in [2.05, 4.69) is 5.32 Å². The zero-order valence-electron chi connectivity index (χ0n) is 17.5. The minimum absolute atomic E-state index is 0.0161. The van der Waals surface area contributed by atoms with Crippen molar-refractivity contribution in [1.82, 2.24) is 15.1 Å². The molecule has 1 N–H and O–H groups in total. The van der Waals surface area contributed by atoms with Crippen LogP contribution in [0.2, 0.25) is 0 Å². The Hall–Kier alpha value is -2.77. The first-order valence-electron chi connectivity index (χ1n) is 9.95. The van der Waals surface area contributed by atoms with Gasteiger partial charge in [0.2, 0.25) is 5.91 Å². The van der Waals surface area contributed by atoms with Crippen LogP contribution in [0.1, 0.15) is 33.6 Å². The van der Waals surface area contributed by atoms with Crippen LogP contribution >= 0.6 is 0 Å². The maximum absolute atomic E-state index is 12.4. The average molecular weight is 405 g/mol. The van der Waals surface area contributed by atoms with Gasteiger partial charge in [0.15, 0.2) is 6.61 Å². The van der Waals surface area contributed by atoms with Gasteiger partial charge in [-0.3, -0.25) is 9.59 Å². The van der Waals surface area contributed by atoms with E-state index in [1.165, 1.54) is 0 Å². The Morgan fingerprint density at radius 1 is 0.966 bits per heavy atom. The molecule has 1 saturated heterocycles. The smallest absolute Gasteiger partial charge is 0.407 e. The van der Waals surface area contributed by atoms with Gasteiger partial charge in [0.25, 0.3) is 5.91 Å². The summed E-state index contributed by atoms with van der Waals surface area (Å²) < 4.78 is 10.7. The van der Waals surface area contributed by atoms with E-state index in [9.17, 15) is 14.4 Å². The van der Waals surface area contributed by atoms with Gasteiger partial charge in [0.05, 0.1) is 0 Å². The van der Waals surface area contributed by atoms with E-state index in [0.717, 1.165) is 0 Å². The van der Waals surface area contributed by atoms with E-state index in [1.807, 2.05) is 18.2 Å². The number of nitrogens with one attached hydrogen (secondary N) is 1. The van der Waals surface area contributed by atoms with Gasteiger partial charge in [-0.25, -0.2) is 4.79 Å². The number of para-hydroxylation sites is 1. The normalized spacial score (nSPS) is 14.7. The fourth-order valence-corrected chi connectivity index (χ4v) is 2.91. The Bertz CT molecular complexity index is 687. The van der Waals surface area contributed by atoms with Gasteiger partial charge in [-0.15, -0.1) is 0 Å². The van der Waals surface area contributed by atoms with E-state index in [1.54, 1.807) is 42.7 Å². The van der Waals surface area contributed by atoms with Crippen LogP contribution in [-0.4, -0.2) is 72.6 Å². The summed E-state index contributed by atoms with van der Waals surface area (Å²) in [7, 11) is 0. The molecule has 160 valence electrons. The lowest BCUT2D eigenvalue weighted by Gasteiger charge is -2.23. The molecule has 1 aliphatic heterocycles. The van der Waals surface area contributed by atoms with E-state index in [-0.39, 0.29) is 31.4 Å². The van der Waals surface area contributed by atoms with Crippen LogP contribution in [-0.2, 0) is 14.3 Å². The maximum atomic E-state index is 12.4. The van der Waals surface area contributed by atoms with Crippen molar-refractivity contribution in [1.29, 1.82) is 0 Å².